The molecule has 24 heavy (non-hydrogen) atoms. The fraction of sp³-hybridized carbons (Fsp3) is 0.312. The minimum Gasteiger partial charge on any atom is -0.377 e. The molecule has 1 amide bonds. The van der Waals surface area contributed by atoms with Gasteiger partial charge in [-0.15, -0.1) is 16.8 Å². The average molecular weight is 367 g/mol. The minimum atomic E-state index is -0.133. The maximum atomic E-state index is 12.2. The molecule has 0 spiro atoms. The van der Waals surface area contributed by atoms with Gasteiger partial charge in [0.05, 0.1) is 5.75 Å². The Balaban J connectivity index is 2.01. The molecule has 0 bridgehead atoms. The first-order valence-electron chi connectivity index (χ1n) is 7.26. The molecule has 0 aliphatic rings. The minimum absolute atomic E-state index is 0.133. The molecule has 1 aromatic carbocycles. The molecule has 8 heteroatoms. The van der Waals surface area contributed by atoms with Crippen LogP contribution in [0.3, 0.4) is 0 Å². The molecule has 0 radical (unpaired) electrons. The van der Waals surface area contributed by atoms with Gasteiger partial charge < -0.3 is 14.6 Å². The van der Waals surface area contributed by atoms with E-state index in [1.165, 1.54) is 11.8 Å². The smallest absolute Gasteiger partial charge is 0.234 e. The quantitative estimate of drug-likeness (QED) is 0.573. The van der Waals surface area contributed by atoms with Crippen molar-refractivity contribution in [2.75, 3.05) is 18.2 Å². The molecule has 1 heterocycles. The number of methoxy groups -OCH3 is 1. The Morgan fingerprint density at radius 2 is 2.29 bits per heavy atom. The summed E-state index contributed by atoms with van der Waals surface area (Å²) in [4.78, 5) is 12.2. The Bertz CT molecular complexity index is 733. The highest BCUT2D eigenvalue weighted by Crippen LogP contribution is 2.22. The molecule has 0 atom stereocenters. The Morgan fingerprint density at radius 1 is 1.50 bits per heavy atom. The summed E-state index contributed by atoms with van der Waals surface area (Å²) >= 11 is 7.27. The van der Waals surface area contributed by atoms with Gasteiger partial charge in [0.2, 0.25) is 5.91 Å². The number of allylic oxidation sites excluding steroid dienone is 1. The molecule has 1 N–H and O–H groups in total. The van der Waals surface area contributed by atoms with Gasteiger partial charge in [0.15, 0.2) is 11.0 Å². The standard InChI is InChI=1S/C16H19ClN4O2S/c1-4-7-21-14(9-23-3)19-20-16(21)24-10-15(22)18-13-8-12(17)6-5-11(13)2/h4-6,8H,1,7,9-10H2,2-3H3,(H,18,22). The van der Waals surface area contributed by atoms with E-state index in [4.69, 9.17) is 16.3 Å². The van der Waals surface area contributed by atoms with Gasteiger partial charge in [-0.3, -0.25) is 4.79 Å². The summed E-state index contributed by atoms with van der Waals surface area (Å²) in [6.07, 6.45) is 1.75. The average Bonchev–Trinajstić information content (AvgIpc) is 2.92. The molecule has 0 fully saturated rings. The van der Waals surface area contributed by atoms with E-state index in [-0.39, 0.29) is 11.7 Å². The fourth-order valence-electron chi connectivity index (χ4n) is 2.02. The highest BCUT2D eigenvalue weighted by molar-refractivity contribution is 7.99. The van der Waals surface area contributed by atoms with E-state index >= 15 is 0 Å². The molecular formula is C16H19ClN4O2S. The monoisotopic (exact) mass is 366 g/mol. The lowest BCUT2D eigenvalue weighted by atomic mass is 10.2. The zero-order chi connectivity index (χ0) is 17.5. The number of nitrogens with one attached hydrogen (secondary N) is 1. The number of aryl methyl sites for hydroxylation is 1. The number of anilines is 1. The summed E-state index contributed by atoms with van der Waals surface area (Å²) in [5.74, 6) is 0.784. The summed E-state index contributed by atoms with van der Waals surface area (Å²) < 4.78 is 6.97. The number of halogens is 1. The van der Waals surface area contributed by atoms with E-state index in [1.807, 2.05) is 17.6 Å². The summed E-state index contributed by atoms with van der Waals surface area (Å²) in [7, 11) is 1.60. The van der Waals surface area contributed by atoms with Crippen LogP contribution in [-0.2, 0) is 22.7 Å². The van der Waals surface area contributed by atoms with Crippen molar-refractivity contribution in [1.82, 2.24) is 14.8 Å². The van der Waals surface area contributed by atoms with Crippen LogP contribution in [0.15, 0.2) is 36.0 Å². The van der Waals surface area contributed by atoms with Crippen molar-refractivity contribution in [3.05, 3.63) is 47.3 Å². The zero-order valence-corrected chi connectivity index (χ0v) is 15.2. The van der Waals surface area contributed by atoms with Crippen LogP contribution in [0.1, 0.15) is 11.4 Å². The predicted molar refractivity (Wildman–Crippen MR) is 96.5 cm³/mol. The van der Waals surface area contributed by atoms with Crippen LogP contribution in [0, 0.1) is 6.92 Å². The number of nitrogens with zero attached hydrogens (tertiary/aromatic N) is 3. The number of hydrogen-bond acceptors (Lipinski definition) is 5. The maximum absolute atomic E-state index is 12.2. The van der Waals surface area contributed by atoms with E-state index in [1.54, 1.807) is 25.3 Å². The lowest BCUT2D eigenvalue weighted by Gasteiger charge is -2.09. The Morgan fingerprint density at radius 3 is 3.00 bits per heavy atom. The Labute approximate surface area is 150 Å². The summed E-state index contributed by atoms with van der Waals surface area (Å²) in [6, 6.07) is 5.38. The highest BCUT2D eigenvalue weighted by Gasteiger charge is 2.14. The van der Waals surface area contributed by atoms with Crippen LogP contribution < -0.4 is 5.32 Å². The van der Waals surface area contributed by atoms with Crippen molar-refractivity contribution < 1.29 is 9.53 Å². The Hall–Kier alpha value is -1.83. The number of ether oxygens (including phenoxy) is 1. The van der Waals surface area contributed by atoms with E-state index in [2.05, 4.69) is 22.1 Å². The lowest BCUT2D eigenvalue weighted by molar-refractivity contribution is -0.113. The summed E-state index contributed by atoms with van der Waals surface area (Å²) in [5.41, 5.74) is 1.66. The second kappa shape index (κ2) is 8.86. The van der Waals surface area contributed by atoms with E-state index in [0.29, 0.717) is 34.8 Å². The predicted octanol–water partition coefficient (Wildman–Crippen LogP) is 3.30. The number of aromatic nitrogens is 3. The number of rotatable bonds is 8. The van der Waals surface area contributed by atoms with E-state index in [0.717, 1.165) is 5.56 Å². The topological polar surface area (TPSA) is 69.0 Å². The van der Waals surface area contributed by atoms with Gasteiger partial charge in [0, 0.05) is 24.4 Å². The molecule has 6 nitrogen and oxygen atoms in total. The second-order valence-electron chi connectivity index (χ2n) is 5.03. The fourth-order valence-corrected chi connectivity index (χ4v) is 2.96. The second-order valence-corrected chi connectivity index (χ2v) is 6.41. The van der Waals surface area contributed by atoms with Crippen LogP contribution in [0.4, 0.5) is 5.69 Å². The van der Waals surface area contributed by atoms with E-state index < -0.39 is 0 Å². The number of amides is 1. The third-order valence-electron chi connectivity index (χ3n) is 3.18. The van der Waals surface area contributed by atoms with Gasteiger partial charge in [-0.1, -0.05) is 35.5 Å². The number of hydrogen-bond donors (Lipinski definition) is 1. The SMILES string of the molecule is C=CCn1c(COC)nnc1SCC(=O)Nc1cc(Cl)ccc1C. The van der Waals surface area contributed by atoms with Crippen LogP contribution in [0.2, 0.25) is 5.02 Å². The molecule has 0 aliphatic heterocycles. The maximum Gasteiger partial charge on any atom is 0.234 e. The van der Waals surface area contributed by atoms with E-state index in [9.17, 15) is 4.79 Å². The molecule has 0 saturated carbocycles. The number of thioether (sulfide) groups is 1. The van der Waals surface area contributed by atoms with Gasteiger partial charge >= 0.3 is 0 Å². The third-order valence-corrected chi connectivity index (χ3v) is 4.39. The first-order chi connectivity index (χ1) is 11.5. The molecule has 0 unspecified atom stereocenters. The van der Waals surface area contributed by atoms with Gasteiger partial charge in [-0.05, 0) is 24.6 Å². The molecule has 2 aromatic rings. The van der Waals surface area contributed by atoms with Gasteiger partial charge in [-0.2, -0.15) is 0 Å². The largest absolute Gasteiger partial charge is 0.377 e. The van der Waals surface area contributed by atoms with Gasteiger partial charge in [-0.25, -0.2) is 0 Å². The number of carbonyl (C=O) groups is 1. The van der Waals surface area contributed by atoms with Crippen molar-refractivity contribution in [2.24, 2.45) is 0 Å². The Kier molecular flexibility index (Phi) is 6.84. The third kappa shape index (κ3) is 4.83. The van der Waals surface area contributed by atoms with Crippen molar-refractivity contribution in [1.29, 1.82) is 0 Å². The molecular weight excluding hydrogens is 348 g/mol. The molecule has 0 aliphatic carbocycles. The first-order valence-corrected chi connectivity index (χ1v) is 8.62. The molecule has 0 saturated heterocycles. The zero-order valence-electron chi connectivity index (χ0n) is 13.6. The van der Waals surface area contributed by atoms with Crippen LogP contribution in [0.5, 0.6) is 0 Å². The van der Waals surface area contributed by atoms with Crippen molar-refractivity contribution in [2.45, 2.75) is 25.2 Å². The van der Waals surface area contributed by atoms with Crippen LogP contribution in [0.25, 0.3) is 0 Å². The molecule has 1 aromatic heterocycles. The highest BCUT2D eigenvalue weighted by atomic mass is 35.5. The normalized spacial score (nSPS) is 10.6. The van der Waals surface area contributed by atoms with Crippen molar-refractivity contribution in [3.63, 3.8) is 0 Å². The number of benzene rings is 1. The van der Waals surface area contributed by atoms with Gasteiger partial charge in [0.25, 0.3) is 0 Å². The van der Waals surface area contributed by atoms with Crippen LogP contribution >= 0.6 is 23.4 Å². The lowest BCUT2D eigenvalue weighted by Crippen LogP contribution is -2.15. The summed E-state index contributed by atoms with van der Waals surface area (Å²) in [6.45, 7) is 6.56. The van der Waals surface area contributed by atoms with Crippen molar-refractivity contribution >= 4 is 35.0 Å². The van der Waals surface area contributed by atoms with Gasteiger partial charge in [0.1, 0.15) is 6.61 Å². The first kappa shape index (κ1) is 18.5. The molecule has 128 valence electrons. The van der Waals surface area contributed by atoms with Crippen LogP contribution in [-0.4, -0.2) is 33.5 Å². The molecule has 2 rings (SSSR count). The van der Waals surface area contributed by atoms with Crippen molar-refractivity contribution in [3.8, 4) is 0 Å². The summed E-state index contributed by atoms with van der Waals surface area (Å²) in [5, 5.41) is 12.3. The number of carbonyl (C=O) groups excluding carboxylic acids is 1.